The minimum atomic E-state index is -4.52. The summed E-state index contributed by atoms with van der Waals surface area (Å²) in [4.78, 5) is 9.22. The van der Waals surface area contributed by atoms with Gasteiger partial charge in [0.15, 0.2) is 5.69 Å². The van der Waals surface area contributed by atoms with Gasteiger partial charge in [-0.15, -0.1) is 0 Å². The Hall–Kier alpha value is -1.22. The molecule has 0 unspecified atom stereocenters. The normalized spacial score (nSPS) is 17.1. The highest BCUT2D eigenvalue weighted by Crippen LogP contribution is 2.29. The van der Waals surface area contributed by atoms with E-state index in [1.165, 1.54) is 0 Å². The number of hydrogen-bond acceptors (Lipinski definition) is 6. The van der Waals surface area contributed by atoms with Crippen molar-refractivity contribution in [1.82, 2.24) is 14.9 Å². The fourth-order valence-electron chi connectivity index (χ4n) is 1.87. The molecule has 1 aliphatic rings. The second kappa shape index (κ2) is 6.49. The molecule has 0 aliphatic carbocycles. The summed E-state index contributed by atoms with van der Waals surface area (Å²) in [6, 6.07) is 0.877. The lowest BCUT2D eigenvalue weighted by molar-refractivity contribution is -0.141. The number of thioether (sulfide) groups is 1. The number of nitrogens with two attached hydrogens (primary N) is 1. The molecule has 2 rings (SSSR count). The molecular formula is C11H16F3N5S. The highest BCUT2D eigenvalue weighted by Gasteiger charge is 2.33. The maximum Gasteiger partial charge on any atom is 0.433 e. The van der Waals surface area contributed by atoms with Crippen LogP contribution in [0, 0.1) is 0 Å². The molecule has 1 saturated heterocycles. The molecule has 0 atom stereocenters. The van der Waals surface area contributed by atoms with E-state index in [0.717, 1.165) is 37.2 Å². The van der Waals surface area contributed by atoms with Crippen LogP contribution >= 0.6 is 11.8 Å². The zero-order valence-electron chi connectivity index (χ0n) is 10.8. The third-order valence-corrected chi connectivity index (χ3v) is 3.81. The Bertz CT molecular complexity index is 448. The van der Waals surface area contributed by atoms with Crippen LogP contribution < -0.4 is 11.1 Å². The molecule has 9 heteroatoms. The summed E-state index contributed by atoms with van der Waals surface area (Å²) >= 11 is 1.91. The number of nitrogens with zero attached hydrogens (tertiary/aromatic N) is 3. The molecule has 0 aromatic carbocycles. The molecule has 1 aromatic heterocycles. The van der Waals surface area contributed by atoms with E-state index in [4.69, 9.17) is 5.73 Å². The Balaban J connectivity index is 1.90. The van der Waals surface area contributed by atoms with E-state index >= 15 is 0 Å². The van der Waals surface area contributed by atoms with Gasteiger partial charge in [-0.2, -0.15) is 29.9 Å². The van der Waals surface area contributed by atoms with E-state index in [2.05, 4.69) is 20.2 Å². The lowest BCUT2D eigenvalue weighted by Gasteiger charge is -2.26. The van der Waals surface area contributed by atoms with E-state index in [0.29, 0.717) is 6.54 Å². The smallest absolute Gasteiger partial charge is 0.369 e. The van der Waals surface area contributed by atoms with Gasteiger partial charge in [0.25, 0.3) is 0 Å². The van der Waals surface area contributed by atoms with E-state index in [1.807, 2.05) is 11.8 Å². The summed E-state index contributed by atoms with van der Waals surface area (Å²) in [5, 5.41) is 2.87. The summed E-state index contributed by atoms with van der Waals surface area (Å²) in [5.41, 5.74) is 4.27. The number of nitrogens with one attached hydrogen (secondary N) is 1. The van der Waals surface area contributed by atoms with E-state index in [9.17, 15) is 13.2 Å². The predicted octanol–water partition coefficient (Wildman–Crippen LogP) is 1.54. The number of aromatic nitrogens is 2. The molecule has 1 aliphatic heterocycles. The van der Waals surface area contributed by atoms with Crippen LogP contribution in [-0.2, 0) is 6.18 Å². The Morgan fingerprint density at radius 1 is 1.30 bits per heavy atom. The minimum Gasteiger partial charge on any atom is -0.369 e. The topological polar surface area (TPSA) is 67.1 Å². The minimum absolute atomic E-state index is 0.108. The molecule has 20 heavy (non-hydrogen) atoms. The molecule has 0 saturated carbocycles. The molecule has 1 fully saturated rings. The van der Waals surface area contributed by atoms with Crippen molar-refractivity contribution in [1.29, 1.82) is 0 Å². The number of hydrogen-bond donors (Lipinski definition) is 2. The largest absolute Gasteiger partial charge is 0.433 e. The Kier molecular flexibility index (Phi) is 4.92. The average Bonchev–Trinajstić information content (AvgIpc) is 2.38. The zero-order valence-corrected chi connectivity index (χ0v) is 11.6. The standard InChI is InChI=1S/C11H16F3N5S/c12-11(13,14)8-7-9(18-10(15)17-8)16-1-2-19-3-5-20-6-4-19/h7H,1-6H2,(H3,15,16,17,18). The number of rotatable bonds is 4. The maximum atomic E-state index is 12.6. The second-order valence-corrected chi connectivity index (χ2v) is 5.60. The highest BCUT2D eigenvalue weighted by molar-refractivity contribution is 7.99. The summed E-state index contributed by atoms with van der Waals surface area (Å²) < 4.78 is 37.7. The van der Waals surface area contributed by atoms with Gasteiger partial charge in [-0.25, -0.2) is 4.98 Å². The van der Waals surface area contributed by atoms with Crippen molar-refractivity contribution in [3.63, 3.8) is 0 Å². The SMILES string of the molecule is Nc1nc(NCCN2CCSCC2)cc(C(F)(F)F)n1. The number of anilines is 2. The fraction of sp³-hybridized carbons (Fsp3) is 0.636. The molecule has 0 radical (unpaired) electrons. The highest BCUT2D eigenvalue weighted by atomic mass is 32.2. The van der Waals surface area contributed by atoms with Crippen LogP contribution in [-0.4, -0.2) is 52.6 Å². The van der Waals surface area contributed by atoms with E-state index in [1.54, 1.807) is 0 Å². The van der Waals surface area contributed by atoms with Crippen molar-refractivity contribution in [3.8, 4) is 0 Å². The fourth-order valence-corrected chi connectivity index (χ4v) is 2.85. The van der Waals surface area contributed by atoms with Crippen LogP contribution in [0.2, 0.25) is 0 Å². The van der Waals surface area contributed by atoms with Crippen LogP contribution in [0.5, 0.6) is 0 Å². The first-order chi connectivity index (χ1) is 9.45. The third-order valence-electron chi connectivity index (χ3n) is 2.87. The molecule has 0 amide bonds. The van der Waals surface area contributed by atoms with Gasteiger partial charge in [-0.05, 0) is 0 Å². The molecular weight excluding hydrogens is 291 g/mol. The van der Waals surface area contributed by atoms with Crippen LogP contribution in [0.4, 0.5) is 24.9 Å². The monoisotopic (exact) mass is 307 g/mol. The number of halogens is 3. The zero-order chi connectivity index (χ0) is 14.6. The molecule has 3 N–H and O–H groups in total. The van der Waals surface area contributed by atoms with Crippen molar-refractivity contribution in [2.24, 2.45) is 0 Å². The Morgan fingerprint density at radius 2 is 2.00 bits per heavy atom. The van der Waals surface area contributed by atoms with Crippen LogP contribution in [0.3, 0.4) is 0 Å². The van der Waals surface area contributed by atoms with Gasteiger partial charge < -0.3 is 11.1 Å². The molecule has 5 nitrogen and oxygen atoms in total. The van der Waals surface area contributed by atoms with Gasteiger partial charge in [0, 0.05) is 43.8 Å². The lowest BCUT2D eigenvalue weighted by Crippen LogP contribution is -2.36. The maximum absolute atomic E-state index is 12.6. The van der Waals surface area contributed by atoms with E-state index < -0.39 is 11.9 Å². The number of nitrogen functional groups attached to an aromatic ring is 1. The average molecular weight is 307 g/mol. The van der Waals surface area contributed by atoms with Gasteiger partial charge in [0.2, 0.25) is 5.95 Å². The predicted molar refractivity (Wildman–Crippen MR) is 73.7 cm³/mol. The van der Waals surface area contributed by atoms with Gasteiger partial charge in [0.05, 0.1) is 0 Å². The molecule has 112 valence electrons. The molecule has 0 bridgehead atoms. The van der Waals surface area contributed by atoms with Crippen molar-refractivity contribution >= 4 is 23.5 Å². The molecule has 0 spiro atoms. The molecule has 2 heterocycles. The Morgan fingerprint density at radius 3 is 2.65 bits per heavy atom. The van der Waals surface area contributed by atoms with Gasteiger partial charge in [-0.3, -0.25) is 4.90 Å². The summed E-state index contributed by atoms with van der Waals surface area (Å²) in [6.07, 6.45) is -4.52. The van der Waals surface area contributed by atoms with Crippen LogP contribution in [0.25, 0.3) is 0 Å². The van der Waals surface area contributed by atoms with E-state index in [-0.39, 0.29) is 11.8 Å². The summed E-state index contributed by atoms with van der Waals surface area (Å²) in [7, 11) is 0. The second-order valence-electron chi connectivity index (χ2n) is 4.38. The number of alkyl halides is 3. The van der Waals surface area contributed by atoms with Crippen molar-refractivity contribution in [2.45, 2.75) is 6.18 Å². The summed E-state index contributed by atoms with van der Waals surface area (Å²) in [6.45, 7) is 3.31. The van der Waals surface area contributed by atoms with Crippen molar-refractivity contribution in [2.75, 3.05) is 48.7 Å². The lowest BCUT2D eigenvalue weighted by atomic mass is 10.3. The first-order valence-electron chi connectivity index (χ1n) is 6.21. The van der Waals surface area contributed by atoms with Gasteiger partial charge in [-0.1, -0.05) is 0 Å². The van der Waals surface area contributed by atoms with Crippen LogP contribution in [0.15, 0.2) is 6.07 Å². The summed E-state index contributed by atoms with van der Waals surface area (Å²) in [5.74, 6) is 1.92. The first-order valence-corrected chi connectivity index (χ1v) is 7.36. The van der Waals surface area contributed by atoms with Crippen molar-refractivity contribution in [3.05, 3.63) is 11.8 Å². The molecule has 1 aromatic rings. The van der Waals surface area contributed by atoms with Crippen molar-refractivity contribution < 1.29 is 13.2 Å². The first kappa shape index (κ1) is 15.2. The van der Waals surface area contributed by atoms with Gasteiger partial charge in [0.1, 0.15) is 5.82 Å². The van der Waals surface area contributed by atoms with Gasteiger partial charge >= 0.3 is 6.18 Å². The quantitative estimate of drug-likeness (QED) is 0.879. The third kappa shape index (κ3) is 4.41. The Labute approximate surface area is 119 Å². The van der Waals surface area contributed by atoms with Crippen LogP contribution in [0.1, 0.15) is 5.69 Å².